The molecule has 2 aliphatic rings. The number of aryl methyl sites for hydroxylation is 1. The second-order valence-corrected chi connectivity index (χ2v) is 7.61. The monoisotopic (exact) mass is 339 g/mol. The van der Waals surface area contributed by atoms with Crippen molar-refractivity contribution in [3.05, 3.63) is 46.2 Å². The van der Waals surface area contributed by atoms with Gasteiger partial charge in [-0.15, -0.1) is 0 Å². The first-order valence-electron chi connectivity index (χ1n) is 9.16. The molecule has 1 amide bonds. The number of likely N-dealkylation sites (tertiary alicyclic amines) is 1. The van der Waals surface area contributed by atoms with E-state index in [2.05, 4.69) is 5.32 Å². The lowest BCUT2D eigenvalue weighted by Crippen LogP contribution is -2.43. The Morgan fingerprint density at radius 1 is 1.28 bits per heavy atom. The molecule has 0 aliphatic carbocycles. The number of hydrogen-bond acceptors (Lipinski definition) is 3. The smallest absolute Gasteiger partial charge is 0.251 e. The van der Waals surface area contributed by atoms with Gasteiger partial charge in [0.2, 0.25) is 5.91 Å². The van der Waals surface area contributed by atoms with Crippen LogP contribution >= 0.6 is 0 Å². The maximum absolute atomic E-state index is 12.9. The summed E-state index contributed by atoms with van der Waals surface area (Å²) in [6.45, 7) is 5.78. The number of nitrogens with one attached hydrogen (secondary N) is 1. The Labute approximate surface area is 147 Å². The minimum Gasteiger partial charge on any atom is -0.341 e. The van der Waals surface area contributed by atoms with Gasteiger partial charge in [0.15, 0.2) is 0 Å². The van der Waals surface area contributed by atoms with Gasteiger partial charge in [-0.25, -0.2) is 0 Å². The van der Waals surface area contributed by atoms with E-state index in [0.717, 1.165) is 49.1 Å². The van der Waals surface area contributed by atoms with Crippen molar-refractivity contribution in [2.75, 3.05) is 26.2 Å². The van der Waals surface area contributed by atoms with Crippen LogP contribution in [0.2, 0.25) is 0 Å². The molecule has 2 saturated heterocycles. The maximum Gasteiger partial charge on any atom is 0.251 e. The van der Waals surface area contributed by atoms with Gasteiger partial charge in [-0.1, -0.05) is 18.2 Å². The summed E-state index contributed by atoms with van der Waals surface area (Å²) in [4.78, 5) is 27.3. The van der Waals surface area contributed by atoms with E-state index in [1.165, 1.54) is 12.8 Å². The summed E-state index contributed by atoms with van der Waals surface area (Å²) in [6.07, 6.45) is 3.44. The van der Waals surface area contributed by atoms with E-state index in [4.69, 9.17) is 0 Å². The van der Waals surface area contributed by atoms with E-state index >= 15 is 0 Å². The lowest BCUT2D eigenvalue weighted by Gasteiger charge is -2.33. The predicted molar refractivity (Wildman–Crippen MR) is 98.7 cm³/mol. The molecule has 2 aromatic rings. The molecule has 0 radical (unpaired) electrons. The highest BCUT2D eigenvalue weighted by Gasteiger charge is 2.40. The van der Waals surface area contributed by atoms with Crippen LogP contribution in [0.3, 0.4) is 0 Å². The minimum atomic E-state index is -0.0993. The van der Waals surface area contributed by atoms with Crippen molar-refractivity contribution in [1.82, 2.24) is 14.8 Å². The fourth-order valence-electron chi connectivity index (χ4n) is 4.43. The highest BCUT2D eigenvalue weighted by molar-refractivity contribution is 5.84. The molecule has 2 fully saturated rings. The SMILES string of the molecule is Cc1cc(=O)n(CC(=O)N2CCC3(CCCNC3)C2)c2ccccc12. The average Bonchev–Trinajstić information content (AvgIpc) is 3.02. The average molecular weight is 339 g/mol. The molecular formula is C20H25N3O2. The molecule has 0 saturated carbocycles. The highest BCUT2D eigenvalue weighted by atomic mass is 16.2. The topological polar surface area (TPSA) is 54.3 Å². The van der Waals surface area contributed by atoms with Crippen LogP contribution in [0.5, 0.6) is 0 Å². The number of carbonyl (C=O) groups is 1. The number of carbonyl (C=O) groups excluding carboxylic acids is 1. The van der Waals surface area contributed by atoms with Crippen LogP contribution in [0.4, 0.5) is 0 Å². The molecule has 1 unspecified atom stereocenters. The molecule has 1 N–H and O–H groups in total. The Hall–Kier alpha value is -2.14. The first-order chi connectivity index (χ1) is 12.1. The van der Waals surface area contributed by atoms with Crippen molar-refractivity contribution in [1.29, 1.82) is 0 Å². The molecule has 3 heterocycles. The van der Waals surface area contributed by atoms with Gasteiger partial charge in [0.25, 0.3) is 5.56 Å². The number of hydrogen-bond donors (Lipinski definition) is 1. The molecule has 1 spiro atoms. The summed E-state index contributed by atoms with van der Waals surface area (Å²) >= 11 is 0. The second-order valence-electron chi connectivity index (χ2n) is 7.61. The molecule has 5 nitrogen and oxygen atoms in total. The Morgan fingerprint density at radius 2 is 2.12 bits per heavy atom. The van der Waals surface area contributed by atoms with E-state index in [-0.39, 0.29) is 23.4 Å². The van der Waals surface area contributed by atoms with Gasteiger partial charge < -0.3 is 10.2 Å². The third-order valence-corrected chi connectivity index (χ3v) is 5.87. The first-order valence-corrected chi connectivity index (χ1v) is 9.16. The quantitative estimate of drug-likeness (QED) is 0.909. The molecule has 132 valence electrons. The summed E-state index contributed by atoms with van der Waals surface area (Å²) in [6, 6.07) is 9.44. The highest BCUT2D eigenvalue weighted by Crippen LogP contribution is 2.36. The van der Waals surface area contributed by atoms with E-state index < -0.39 is 0 Å². The van der Waals surface area contributed by atoms with E-state index in [0.29, 0.717) is 0 Å². The standard InChI is InChI=1S/C20H25N3O2/c1-15-11-18(24)23(17-6-3-2-5-16(15)17)12-19(25)22-10-8-20(14-22)7-4-9-21-13-20/h2-3,5-6,11,21H,4,7-10,12-14H2,1H3. The number of rotatable bonds is 2. The number of amides is 1. The Bertz CT molecular complexity index is 865. The number of pyridine rings is 1. The van der Waals surface area contributed by atoms with Crippen LogP contribution < -0.4 is 10.9 Å². The molecule has 4 rings (SSSR count). The molecule has 1 aromatic carbocycles. The van der Waals surface area contributed by atoms with Gasteiger partial charge in [-0.05, 0) is 44.4 Å². The van der Waals surface area contributed by atoms with Gasteiger partial charge in [-0.3, -0.25) is 14.2 Å². The zero-order valence-electron chi connectivity index (χ0n) is 14.8. The lowest BCUT2D eigenvalue weighted by atomic mass is 9.80. The number of piperidine rings is 1. The second kappa shape index (κ2) is 6.30. The van der Waals surface area contributed by atoms with E-state index in [1.54, 1.807) is 10.6 Å². The molecule has 0 bridgehead atoms. The Balaban J connectivity index is 1.58. The van der Waals surface area contributed by atoms with Crippen LogP contribution in [0.25, 0.3) is 10.9 Å². The Kier molecular flexibility index (Phi) is 4.12. The Morgan fingerprint density at radius 3 is 2.92 bits per heavy atom. The van der Waals surface area contributed by atoms with Gasteiger partial charge >= 0.3 is 0 Å². The van der Waals surface area contributed by atoms with Crippen molar-refractivity contribution in [3.8, 4) is 0 Å². The number of fused-ring (bicyclic) bond motifs is 1. The van der Waals surface area contributed by atoms with E-state index in [1.807, 2.05) is 36.1 Å². The van der Waals surface area contributed by atoms with Crippen LogP contribution in [0, 0.1) is 12.3 Å². The fraction of sp³-hybridized carbons (Fsp3) is 0.500. The minimum absolute atomic E-state index is 0.0542. The number of para-hydroxylation sites is 1. The first kappa shape index (κ1) is 16.3. The summed E-state index contributed by atoms with van der Waals surface area (Å²) in [5, 5.41) is 4.50. The van der Waals surface area contributed by atoms with Crippen molar-refractivity contribution in [3.63, 3.8) is 0 Å². The summed E-state index contributed by atoms with van der Waals surface area (Å²) < 4.78 is 1.62. The number of nitrogens with zero attached hydrogens (tertiary/aromatic N) is 2. The molecule has 5 heteroatoms. The van der Waals surface area contributed by atoms with Crippen LogP contribution in [0.15, 0.2) is 35.1 Å². The van der Waals surface area contributed by atoms with Gasteiger partial charge in [0, 0.05) is 36.5 Å². The normalized spacial score (nSPS) is 23.5. The van der Waals surface area contributed by atoms with Gasteiger partial charge in [0.1, 0.15) is 6.54 Å². The van der Waals surface area contributed by atoms with Crippen LogP contribution in [0.1, 0.15) is 24.8 Å². The molecule has 25 heavy (non-hydrogen) atoms. The van der Waals surface area contributed by atoms with Crippen molar-refractivity contribution in [2.24, 2.45) is 5.41 Å². The fourth-order valence-corrected chi connectivity index (χ4v) is 4.43. The van der Waals surface area contributed by atoms with Crippen LogP contribution in [-0.4, -0.2) is 41.6 Å². The predicted octanol–water partition coefficient (Wildman–Crippen LogP) is 1.91. The zero-order chi connectivity index (χ0) is 17.4. The maximum atomic E-state index is 12.9. The lowest BCUT2D eigenvalue weighted by molar-refractivity contribution is -0.131. The molecule has 2 aliphatic heterocycles. The number of benzene rings is 1. The van der Waals surface area contributed by atoms with E-state index in [9.17, 15) is 9.59 Å². The third kappa shape index (κ3) is 2.97. The van der Waals surface area contributed by atoms with Crippen molar-refractivity contribution < 1.29 is 4.79 Å². The molecular weight excluding hydrogens is 314 g/mol. The summed E-state index contributed by atoms with van der Waals surface area (Å²) in [5.74, 6) is 0.0542. The summed E-state index contributed by atoms with van der Waals surface area (Å²) in [7, 11) is 0. The van der Waals surface area contributed by atoms with Crippen LogP contribution in [-0.2, 0) is 11.3 Å². The largest absolute Gasteiger partial charge is 0.341 e. The third-order valence-electron chi connectivity index (χ3n) is 5.87. The zero-order valence-corrected chi connectivity index (χ0v) is 14.8. The molecule has 1 atom stereocenters. The number of aromatic nitrogens is 1. The van der Waals surface area contributed by atoms with Gasteiger partial charge in [0.05, 0.1) is 5.52 Å². The van der Waals surface area contributed by atoms with Crippen molar-refractivity contribution in [2.45, 2.75) is 32.7 Å². The van der Waals surface area contributed by atoms with Gasteiger partial charge in [-0.2, -0.15) is 0 Å². The van der Waals surface area contributed by atoms with Crippen molar-refractivity contribution >= 4 is 16.8 Å². The summed E-state index contributed by atoms with van der Waals surface area (Å²) in [5.41, 5.74) is 1.94. The molecule has 1 aromatic heterocycles.